The van der Waals surface area contributed by atoms with Crippen LogP contribution in [0.4, 0.5) is 0 Å². The molecule has 0 amide bonds. The minimum atomic E-state index is -2.92. The molecule has 0 saturated carbocycles. The predicted octanol–water partition coefficient (Wildman–Crippen LogP) is 1.86. The van der Waals surface area contributed by atoms with E-state index in [2.05, 4.69) is 27.2 Å². The molecule has 6 nitrogen and oxygen atoms in total. The Hall–Kier alpha value is -1.73. The molecule has 1 aromatic heterocycles. The first kappa shape index (κ1) is 17.1. The van der Waals surface area contributed by atoms with Crippen molar-refractivity contribution < 1.29 is 12.9 Å². The molecule has 1 aliphatic rings. The number of sulfone groups is 1. The van der Waals surface area contributed by atoms with Gasteiger partial charge in [-0.15, -0.1) is 0 Å². The Bertz CT molecular complexity index is 758. The monoisotopic (exact) mass is 349 g/mol. The fourth-order valence-electron chi connectivity index (χ4n) is 2.88. The normalized spacial score (nSPS) is 21.5. The zero-order chi connectivity index (χ0) is 17.0. The first-order chi connectivity index (χ1) is 11.5. The third-order valence-electron chi connectivity index (χ3n) is 4.49. The van der Waals surface area contributed by atoms with Crippen LogP contribution < -0.4 is 0 Å². The maximum Gasteiger partial charge on any atom is 0.240 e. The van der Waals surface area contributed by atoms with Gasteiger partial charge in [0.2, 0.25) is 5.89 Å². The summed E-state index contributed by atoms with van der Waals surface area (Å²) in [6.45, 7) is 3.08. The van der Waals surface area contributed by atoms with Crippen LogP contribution in [0.1, 0.15) is 30.6 Å². The highest BCUT2D eigenvalue weighted by molar-refractivity contribution is 7.91. The van der Waals surface area contributed by atoms with Crippen molar-refractivity contribution in [1.82, 2.24) is 15.0 Å². The van der Waals surface area contributed by atoms with E-state index in [0.717, 1.165) is 12.8 Å². The summed E-state index contributed by atoms with van der Waals surface area (Å²) < 4.78 is 28.9. The number of rotatable bonds is 5. The molecule has 1 atom stereocenters. The number of aryl methyl sites for hydroxylation is 2. The van der Waals surface area contributed by atoms with Gasteiger partial charge in [-0.2, -0.15) is 4.98 Å². The summed E-state index contributed by atoms with van der Waals surface area (Å²) in [6.07, 6.45) is 2.26. The Kier molecular flexibility index (Phi) is 5.30. The Morgan fingerprint density at radius 2 is 2.00 bits per heavy atom. The van der Waals surface area contributed by atoms with Crippen molar-refractivity contribution in [3.63, 3.8) is 0 Å². The SMILES string of the molecule is CC1CCS(=O)(=O)CCN1Cc1nc(CCc2ccccc2)no1. The van der Waals surface area contributed by atoms with E-state index in [1.807, 2.05) is 25.1 Å². The molecule has 0 spiro atoms. The quantitative estimate of drug-likeness (QED) is 0.820. The molecule has 0 radical (unpaired) electrons. The summed E-state index contributed by atoms with van der Waals surface area (Å²) in [5.41, 5.74) is 1.25. The number of nitrogens with zero attached hydrogens (tertiary/aromatic N) is 3. The average molecular weight is 349 g/mol. The third-order valence-corrected chi connectivity index (χ3v) is 6.15. The lowest BCUT2D eigenvalue weighted by Crippen LogP contribution is -2.33. The summed E-state index contributed by atoms with van der Waals surface area (Å²) in [4.78, 5) is 6.56. The Morgan fingerprint density at radius 1 is 1.21 bits per heavy atom. The molecule has 2 heterocycles. The van der Waals surface area contributed by atoms with Crippen molar-refractivity contribution in [2.45, 2.75) is 38.8 Å². The smallest absolute Gasteiger partial charge is 0.240 e. The molecule has 2 aromatic rings. The lowest BCUT2D eigenvalue weighted by molar-refractivity contribution is 0.184. The standard InChI is InChI=1S/C17H23N3O3S/c1-14-9-11-24(21,22)12-10-20(14)13-17-18-16(19-23-17)8-7-15-5-3-2-4-6-15/h2-6,14H,7-13H2,1H3. The lowest BCUT2D eigenvalue weighted by atomic mass is 10.1. The summed E-state index contributed by atoms with van der Waals surface area (Å²) >= 11 is 0. The van der Waals surface area contributed by atoms with Crippen LogP contribution in [0, 0.1) is 0 Å². The van der Waals surface area contributed by atoms with E-state index in [0.29, 0.717) is 31.2 Å². The number of hydrogen-bond acceptors (Lipinski definition) is 6. The van der Waals surface area contributed by atoms with E-state index in [-0.39, 0.29) is 17.5 Å². The molecule has 0 N–H and O–H groups in total. The van der Waals surface area contributed by atoms with Crippen molar-refractivity contribution in [2.75, 3.05) is 18.1 Å². The van der Waals surface area contributed by atoms with Crippen molar-refractivity contribution in [3.05, 3.63) is 47.6 Å². The van der Waals surface area contributed by atoms with Crippen LogP contribution in [0.3, 0.4) is 0 Å². The van der Waals surface area contributed by atoms with Crippen LogP contribution in [0.2, 0.25) is 0 Å². The van der Waals surface area contributed by atoms with Crippen molar-refractivity contribution >= 4 is 9.84 Å². The van der Waals surface area contributed by atoms with Gasteiger partial charge in [0.1, 0.15) is 0 Å². The fraction of sp³-hybridized carbons (Fsp3) is 0.529. The molecular weight excluding hydrogens is 326 g/mol. The van der Waals surface area contributed by atoms with Gasteiger partial charge >= 0.3 is 0 Å². The molecule has 0 aliphatic carbocycles. The molecule has 1 unspecified atom stereocenters. The van der Waals surface area contributed by atoms with Gasteiger partial charge in [-0.05, 0) is 25.3 Å². The fourth-order valence-corrected chi connectivity index (χ4v) is 4.29. The molecule has 1 saturated heterocycles. The van der Waals surface area contributed by atoms with E-state index in [1.54, 1.807) is 0 Å². The van der Waals surface area contributed by atoms with Crippen molar-refractivity contribution in [2.24, 2.45) is 0 Å². The highest BCUT2D eigenvalue weighted by Gasteiger charge is 2.25. The van der Waals surface area contributed by atoms with Gasteiger partial charge < -0.3 is 4.52 Å². The van der Waals surface area contributed by atoms with Crippen molar-refractivity contribution in [3.8, 4) is 0 Å². The topological polar surface area (TPSA) is 76.3 Å². The maximum atomic E-state index is 11.8. The van der Waals surface area contributed by atoms with Crippen molar-refractivity contribution in [1.29, 1.82) is 0 Å². The molecule has 7 heteroatoms. The van der Waals surface area contributed by atoms with E-state index < -0.39 is 9.84 Å². The third kappa shape index (κ3) is 4.64. The second kappa shape index (κ2) is 7.44. The molecule has 130 valence electrons. The van der Waals surface area contributed by atoms with Crippen LogP contribution in [0.25, 0.3) is 0 Å². The molecule has 1 aliphatic heterocycles. The summed E-state index contributed by atoms with van der Waals surface area (Å²) in [6, 6.07) is 10.4. The minimum Gasteiger partial charge on any atom is -0.338 e. The van der Waals surface area contributed by atoms with Gasteiger partial charge in [0.25, 0.3) is 0 Å². The van der Waals surface area contributed by atoms with Crippen LogP contribution in [0.5, 0.6) is 0 Å². The van der Waals surface area contributed by atoms with Gasteiger partial charge in [-0.3, -0.25) is 4.90 Å². The number of aromatic nitrogens is 2. The Labute approximate surface area is 142 Å². The summed E-state index contributed by atoms with van der Waals surface area (Å²) in [5.74, 6) is 1.72. The first-order valence-corrected chi connectivity index (χ1v) is 10.1. The molecular formula is C17H23N3O3S. The van der Waals surface area contributed by atoms with Gasteiger partial charge in [0.05, 0.1) is 18.1 Å². The highest BCUT2D eigenvalue weighted by atomic mass is 32.2. The second-order valence-electron chi connectivity index (χ2n) is 6.35. The van der Waals surface area contributed by atoms with Gasteiger partial charge in [0, 0.05) is 19.0 Å². The molecule has 24 heavy (non-hydrogen) atoms. The molecule has 3 rings (SSSR count). The summed E-state index contributed by atoms with van der Waals surface area (Å²) in [7, 11) is -2.92. The van der Waals surface area contributed by atoms with Crippen LogP contribution in [-0.2, 0) is 29.2 Å². The zero-order valence-corrected chi connectivity index (χ0v) is 14.7. The van der Waals surface area contributed by atoms with E-state index in [1.165, 1.54) is 5.56 Å². The van der Waals surface area contributed by atoms with Gasteiger partial charge in [-0.25, -0.2) is 8.42 Å². The lowest BCUT2D eigenvalue weighted by Gasteiger charge is -2.24. The first-order valence-electron chi connectivity index (χ1n) is 8.32. The second-order valence-corrected chi connectivity index (χ2v) is 8.65. The average Bonchev–Trinajstić information content (AvgIpc) is 2.98. The number of hydrogen-bond donors (Lipinski definition) is 0. The van der Waals surface area contributed by atoms with Gasteiger partial charge in [-0.1, -0.05) is 35.5 Å². The molecule has 0 bridgehead atoms. The highest BCUT2D eigenvalue weighted by Crippen LogP contribution is 2.15. The van der Waals surface area contributed by atoms with Crippen LogP contribution >= 0.6 is 0 Å². The molecule has 1 aromatic carbocycles. The maximum absolute atomic E-state index is 11.8. The van der Waals surface area contributed by atoms with Gasteiger partial charge in [0.15, 0.2) is 15.7 Å². The minimum absolute atomic E-state index is 0.196. The molecule has 1 fully saturated rings. The number of benzene rings is 1. The zero-order valence-electron chi connectivity index (χ0n) is 13.9. The predicted molar refractivity (Wildman–Crippen MR) is 91.3 cm³/mol. The Balaban J connectivity index is 1.57. The summed E-state index contributed by atoms with van der Waals surface area (Å²) in [5, 5.41) is 4.04. The Morgan fingerprint density at radius 3 is 2.79 bits per heavy atom. The van der Waals surface area contributed by atoms with Crippen LogP contribution in [0.15, 0.2) is 34.9 Å². The van der Waals surface area contributed by atoms with Crippen LogP contribution in [-0.4, -0.2) is 47.6 Å². The van der Waals surface area contributed by atoms with E-state index in [9.17, 15) is 8.42 Å². The largest absolute Gasteiger partial charge is 0.338 e. The van der Waals surface area contributed by atoms with E-state index >= 15 is 0 Å². The van der Waals surface area contributed by atoms with E-state index in [4.69, 9.17) is 4.52 Å².